The summed E-state index contributed by atoms with van der Waals surface area (Å²) in [7, 11) is -0.431. The molecule has 0 saturated carbocycles. The lowest BCUT2D eigenvalue weighted by Gasteiger charge is -2.40. The minimum Gasteiger partial charge on any atom is -0.497 e. The van der Waals surface area contributed by atoms with E-state index in [2.05, 4.69) is 40.4 Å². The Bertz CT molecular complexity index is 1090. The van der Waals surface area contributed by atoms with E-state index >= 15 is 0 Å². The Hall–Kier alpha value is -2.29. The fraction of sp³-hybridized carbons (Fsp3) is 0.583. The maximum Gasteiger partial charge on any atom is 0.192 e. The van der Waals surface area contributed by atoms with Gasteiger partial charge in [-0.3, -0.25) is 4.79 Å². The van der Waals surface area contributed by atoms with Gasteiger partial charge in [0.1, 0.15) is 18.3 Å². The van der Waals surface area contributed by atoms with Crippen LogP contribution in [-0.4, -0.2) is 46.3 Å². The van der Waals surface area contributed by atoms with Gasteiger partial charge in [0.05, 0.1) is 32.5 Å². The minimum absolute atomic E-state index is 0.0543. The first-order chi connectivity index (χ1) is 20.2. The van der Waals surface area contributed by atoms with Crippen molar-refractivity contribution >= 4 is 14.1 Å². The summed E-state index contributed by atoms with van der Waals surface area (Å²) in [6.07, 6.45) is 3.85. The molecule has 0 bridgehead atoms. The molecule has 3 atom stereocenters. The Labute approximate surface area is 262 Å². The number of hydrogen-bond donors (Lipinski definition) is 0. The second-order valence-electron chi connectivity index (χ2n) is 13.5. The number of methoxy groups -OCH3 is 1. The molecular weight excluding hydrogens is 556 g/mol. The fourth-order valence-corrected chi connectivity index (χ4v) is 5.72. The molecule has 2 rings (SSSR count). The van der Waals surface area contributed by atoms with Crippen LogP contribution in [0.5, 0.6) is 5.75 Å². The number of hydrogen-bond acceptors (Lipinski definition) is 6. The zero-order chi connectivity index (χ0) is 32.1. The number of benzene rings is 2. The SMILES string of the molecule is C=CC(C)(C)C(=O)CCC[C@@H](C[C@@H](OCc1ccc(OC)cc1)[C@@H](C)OCOCc1ccccc1)O[Si](C)(C)C(C)(C)C. The predicted octanol–water partition coefficient (Wildman–Crippen LogP) is 8.89. The number of carbonyl (C=O) groups excluding carboxylic acids is 1. The molecule has 2 aromatic carbocycles. The van der Waals surface area contributed by atoms with Crippen molar-refractivity contribution in [1.29, 1.82) is 0 Å². The molecular formula is C36H56O6Si. The first kappa shape index (κ1) is 36.9. The van der Waals surface area contributed by atoms with Crippen LogP contribution in [0.15, 0.2) is 67.3 Å². The molecule has 0 aromatic heterocycles. The summed E-state index contributed by atoms with van der Waals surface area (Å²) >= 11 is 0. The third-order valence-corrected chi connectivity index (χ3v) is 13.1. The molecule has 0 unspecified atom stereocenters. The normalized spacial score (nSPS) is 14.6. The number of ether oxygens (including phenoxy) is 4. The zero-order valence-corrected chi connectivity index (χ0v) is 29.1. The molecule has 0 heterocycles. The summed E-state index contributed by atoms with van der Waals surface area (Å²) in [6.45, 7) is 22.1. The summed E-state index contributed by atoms with van der Waals surface area (Å²) < 4.78 is 30.8. The molecule has 0 aliphatic rings. The van der Waals surface area contributed by atoms with Crippen LogP contribution in [0.25, 0.3) is 0 Å². The Morgan fingerprint density at radius 3 is 2.14 bits per heavy atom. The van der Waals surface area contributed by atoms with Crippen molar-refractivity contribution < 1.29 is 28.2 Å². The van der Waals surface area contributed by atoms with Crippen molar-refractivity contribution in [3.8, 4) is 5.75 Å². The molecule has 0 N–H and O–H groups in total. The molecule has 0 amide bonds. The van der Waals surface area contributed by atoms with Crippen LogP contribution in [0.3, 0.4) is 0 Å². The summed E-state index contributed by atoms with van der Waals surface area (Å²) in [4.78, 5) is 12.8. The van der Waals surface area contributed by atoms with E-state index < -0.39 is 13.7 Å². The lowest BCUT2D eigenvalue weighted by molar-refractivity contribution is -0.145. The molecule has 2 aromatic rings. The smallest absolute Gasteiger partial charge is 0.192 e. The fourth-order valence-electron chi connectivity index (χ4n) is 4.32. The highest BCUT2D eigenvalue weighted by Crippen LogP contribution is 2.39. The molecule has 43 heavy (non-hydrogen) atoms. The van der Waals surface area contributed by atoms with Gasteiger partial charge < -0.3 is 23.4 Å². The molecule has 0 aliphatic heterocycles. The minimum atomic E-state index is -2.09. The van der Waals surface area contributed by atoms with Crippen LogP contribution in [0.2, 0.25) is 18.1 Å². The highest BCUT2D eigenvalue weighted by molar-refractivity contribution is 6.74. The quantitative estimate of drug-likeness (QED) is 0.0644. The molecule has 6 nitrogen and oxygen atoms in total. The molecule has 7 heteroatoms. The third kappa shape index (κ3) is 12.7. The maximum atomic E-state index is 12.8. The molecule has 0 saturated heterocycles. The average Bonchev–Trinajstić information content (AvgIpc) is 2.97. The van der Waals surface area contributed by atoms with E-state index in [9.17, 15) is 4.79 Å². The van der Waals surface area contributed by atoms with Gasteiger partial charge in [0, 0.05) is 24.4 Å². The third-order valence-electron chi connectivity index (χ3n) is 8.59. The van der Waals surface area contributed by atoms with Gasteiger partial charge in [-0.2, -0.15) is 0 Å². The van der Waals surface area contributed by atoms with Gasteiger partial charge in [-0.15, -0.1) is 6.58 Å². The van der Waals surface area contributed by atoms with E-state index in [-0.39, 0.29) is 35.9 Å². The number of ketones is 1. The van der Waals surface area contributed by atoms with Crippen LogP contribution >= 0.6 is 0 Å². The first-order valence-corrected chi connectivity index (χ1v) is 18.4. The second kappa shape index (κ2) is 17.3. The van der Waals surface area contributed by atoms with Gasteiger partial charge in [-0.25, -0.2) is 0 Å². The van der Waals surface area contributed by atoms with Crippen molar-refractivity contribution in [1.82, 2.24) is 0 Å². The van der Waals surface area contributed by atoms with E-state index in [4.69, 9.17) is 23.4 Å². The molecule has 0 fully saturated rings. The summed E-state index contributed by atoms with van der Waals surface area (Å²) in [5, 5.41) is 0.0543. The van der Waals surface area contributed by atoms with E-state index in [1.54, 1.807) is 13.2 Å². The van der Waals surface area contributed by atoms with E-state index in [0.29, 0.717) is 26.1 Å². The van der Waals surface area contributed by atoms with Crippen LogP contribution in [0, 0.1) is 5.41 Å². The molecule has 240 valence electrons. The van der Waals surface area contributed by atoms with Gasteiger partial charge >= 0.3 is 0 Å². The van der Waals surface area contributed by atoms with E-state index in [1.165, 1.54) is 0 Å². The van der Waals surface area contributed by atoms with Crippen LogP contribution in [-0.2, 0) is 36.6 Å². The highest BCUT2D eigenvalue weighted by Gasteiger charge is 2.40. The largest absolute Gasteiger partial charge is 0.497 e. The predicted molar refractivity (Wildman–Crippen MR) is 178 cm³/mol. The Balaban J connectivity index is 2.17. The number of carbonyl (C=O) groups is 1. The van der Waals surface area contributed by atoms with Gasteiger partial charge in [0.25, 0.3) is 0 Å². The van der Waals surface area contributed by atoms with Gasteiger partial charge in [0.15, 0.2) is 8.32 Å². The van der Waals surface area contributed by atoms with Crippen molar-refractivity contribution in [3.05, 3.63) is 78.4 Å². The molecule has 0 aliphatic carbocycles. The monoisotopic (exact) mass is 612 g/mol. The van der Waals surface area contributed by atoms with Gasteiger partial charge in [0.2, 0.25) is 0 Å². The highest BCUT2D eigenvalue weighted by atomic mass is 28.4. The average molecular weight is 613 g/mol. The van der Waals surface area contributed by atoms with Crippen molar-refractivity contribution in [3.63, 3.8) is 0 Å². The molecule has 0 radical (unpaired) electrons. The van der Waals surface area contributed by atoms with Crippen LogP contribution in [0.4, 0.5) is 0 Å². The Morgan fingerprint density at radius 2 is 1.56 bits per heavy atom. The first-order valence-electron chi connectivity index (χ1n) is 15.5. The van der Waals surface area contributed by atoms with Crippen LogP contribution in [0.1, 0.15) is 78.4 Å². The van der Waals surface area contributed by atoms with E-state index in [0.717, 1.165) is 29.7 Å². The van der Waals surface area contributed by atoms with Crippen molar-refractivity contribution in [2.45, 2.75) is 117 Å². The number of rotatable bonds is 20. The topological polar surface area (TPSA) is 63.2 Å². The van der Waals surface area contributed by atoms with Gasteiger partial charge in [-0.1, -0.05) is 69.3 Å². The Morgan fingerprint density at radius 1 is 0.930 bits per heavy atom. The van der Waals surface area contributed by atoms with Gasteiger partial charge in [-0.05, 0) is 75.0 Å². The number of allylic oxidation sites excluding steroid dienone is 1. The molecule has 0 spiro atoms. The lowest BCUT2D eigenvalue weighted by atomic mass is 9.85. The van der Waals surface area contributed by atoms with Crippen molar-refractivity contribution in [2.75, 3.05) is 13.9 Å². The zero-order valence-electron chi connectivity index (χ0n) is 28.1. The summed E-state index contributed by atoms with van der Waals surface area (Å²) in [5.74, 6) is 1.01. The second-order valence-corrected chi connectivity index (χ2v) is 18.3. The van der Waals surface area contributed by atoms with Crippen molar-refractivity contribution in [2.24, 2.45) is 5.41 Å². The Kier molecular flexibility index (Phi) is 14.8. The standard InChI is InChI=1S/C36H56O6Si/c1-11-36(6,7)34(37)19-15-18-32(42-43(9,10)35(3,4)5)24-33(40-26-30-20-22-31(38-8)23-21-30)28(2)41-27-39-25-29-16-13-12-14-17-29/h11-14,16-17,20-23,28,32-33H,1,15,18-19,24-27H2,2-10H3/t28-,32+,33-/m1/s1. The van der Waals surface area contributed by atoms with E-state index in [1.807, 2.05) is 75.4 Å². The summed E-state index contributed by atoms with van der Waals surface area (Å²) in [6, 6.07) is 18.0. The summed E-state index contributed by atoms with van der Waals surface area (Å²) in [5.41, 5.74) is 1.63. The van der Waals surface area contributed by atoms with Crippen LogP contribution < -0.4 is 4.74 Å². The lowest BCUT2D eigenvalue weighted by Crippen LogP contribution is -2.45. The maximum absolute atomic E-state index is 12.8. The number of Topliss-reactive ketones (excluding diaryl/α,β-unsaturated/α-hetero) is 1.